The van der Waals surface area contributed by atoms with Crippen LogP contribution in [0.1, 0.15) is 45.5 Å². The van der Waals surface area contributed by atoms with Crippen LogP contribution in [0.2, 0.25) is 0 Å². The van der Waals surface area contributed by atoms with Crippen LogP contribution in [0.5, 0.6) is 0 Å². The molecule has 1 aromatic rings. The molecule has 0 fully saturated rings. The number of aromatic nitrogens is 2. The molecule has 1 rings (SSSR count). The Morgan fingerprint density at radius 1 is 1.29 bits per heavy atom. The lowest BCUT2D eigenvalue weighted by Crippen LogP contribution is -2.16. The molecule has 1 aromatic heterocycles. The second-order valence-corrected chi connectivity index (χ2v) is 4.60. The molecule has 0 aliphatic carbocycles. The molecule has 0 aliphatic rings. The average molecular weight is 193 g/mol. The number of aryl methyl sites for hydroxylation is 1. The van der Waals surface area contributed by atoms with E-state index < -0.39 is 0 Å². The van der Waals surface area contributed by atoms with Gasteiger partial charge < -0.3 is 5.73 Å². The van der Waals surface area contributed by atoms with Crippen molar-refractivity contribution in [1.82, 2.24) is 9.97 Å². The average Bonchev–Trinajstić information content (AvgIpc) is 2.02. The second-order valence-electron chi connectivity index (χ2n) is 4.60. The van der Waals surface area contributed by atoms with Crippen molar-refractivity contribution in [3.8, 4) is 0 Å². The van der Waals surface area contributed by atoms with E-state index in [-0.39, 0.29) is 5.41 Å². The van der Waals surface area contributed by atoms with Crippen molar-refractivity contribution in [1.29, 1.82) is 0 Å². The third kappa shape index (κ3) is 2.69. The summed E-state index contributed by atoms with van der Waals surface area (Å²) < 4.78 is 0. The summed E-state index contributed by atoms with van der Waals surface area (Å²) >= 11 is 0. The van der Waals surface area contributed by atoms with Crippen molar-refractivity contribution in [3.05, 3.63) is 17.5 Å². The van der Waals surface area contributed by atoms with E-state index in [0.29, 0.717) is 5.95 Å². The van der Waals surface area contributed by atoms with Crippen LogP contribution < -0.4 is 5.73 Å². The molecule has 3 nitrogen and oxygen atoms in total. The summed E-state index contributed by atoms with van der Waals surface area (Å²) in [6, 6.07) is 2.06. The number of hydrogen-bond donors (Lipinski definition) is 1. The van der Waals surface area contributed by atoms with Crippen LogP contribution in [-0.2, 0) is 11.8 Å². The molecule has 78 valence electrons. The van der Waals surface area contributed by atoms with Crippen LogP contribution in [0, 0.1) is 0 Å². The Morgan fingerprint density at radius 3 is 2.43 bits per heavy atom. The minimum atomic E-state index is 0.0412. The van der Waals surface area contributed by atoms with E-state index in [1.54, 1.807) is 0 Å². The molecule has 2 N–H and O–H groups in total. The van der Waals surface area contributed by atoms with Gasteiger partial charge in [-0.15, -0.1) is 0 Å². The highest BCUT2D eigenvalue weighted by atomic mass is 15.0. The molecular formula is C11H19N3. The fourth-order valence-corrected chi connectivity index (χ4v) is 1.29. The predicted molar refractivity (Wildman–Crippen MR) is 59.1 cm³/mol. The molecule has 0 saturated carbocycles. The SMILES string of the molecule is CCCc1cc(C(C)(C)C)nc(N)n1. The van der Waals surface area contributed by atoms with Gasteiger partial charge in [0.25, 0.3) is 0 Å². The molecule has 0 amide bonds. The minimum absolute atomic E-state index is 0.0412. The maximum absolute atomic E-state index is 5.66. The van der Waals surface area contributed by atoms with E-state index in [9.17, 15) is 0 Å². The van der Waals surface area contributed by atoms with E-state index in [1.807, 2.05) is 0 Å². The maximum Gasteiger partial charge on any atom is 0.220 e. The summed E-state index contributed by atoms with van der Waals surface area (Å²) in [6.07, 6.45) is 2.05. The van der Waals surface area contributed by atoms with Gasteiger partial charge >= 0.3 is 0 Å². The molecule has 14 heavy (non-hydrogen) atoms. The van der Waals surface area contributed by atoms with E-state index in [2.05, 4.69) is 43.7 Å². The number of nitrogen functional groups attached to an aromatic ring is 1. The molecule has 0 radical (unpaired) electrons. The summed E-state index contributed by atoms with van der Waals surface area (Å²) in [5, 5.41) is 0. The molecule has 0 aliphatic heterocycles. The molecular weight excluding hydrogens is 174 g/mol. The number of nitrogens with two attached hydrogens (primary N) is 1. The first-order valence-corrected chi connectivity index (χ1v) is 5.07. The molecule has 0 aromatic carbocycles. The topological polar surface area (TPSA) is 51.8 Å². The summed E-state index contributed by atoms with van der Waals surface area (Å²) in [5.74, 6) is 0.390. The highest BCUT2D eigenvalue weighted by Crippen LogP contribution is 2.21. The van der Waals surface area contributed by atoms with E-state index in [0.717, 1.165) is 24.2 Å². The lowest BCUT2D eigenvalue weighted by molar-refractivity contribution is 0.566. The van der Waals surface area contributed by atoms with Crippen LogP contribution in [0.4, 0.5) is 5.95 Å². The highest BCUT2D eigenvalue weighted by molar-refractivity contribution is 5.26. The highest BCUT2D eigenvalue weighted by Gasteiger charge is 2.16. The zero-order valence-electron chi connectivity index (χ0n) is 9.46. The van der Waals surface area contributed by atoms with Gasteiger partial charge in [0.15, 0.2) is 0 Å². The molecule has 0 spiro atoms. The third-order valence-corrected chi connectivity index (χ3v) is 2.07. The Kier molecular flexibility index (Phi) is 3.09. The summed E-state index contributed by atoms with van der Waals surface area (Å²) in [5.41, 5.74) is 7.77. The molecule has 1 heterocycles. The monoisotopic (exact) mass is 193 g/mol. The fourth-order valence-electron chi connectivity index (χ4n) is 1.29. The van der Waals surface area contributed by atoms with Gasteiger partial charge in [0.2, 0.25) is 5.95 Å². The van der Waals surface area contributed by atoms with Crippen LogP contribution in [-0.4, -0.2) is 9.97 Å². The zero-order valence-corrected chi connectivity index (χ0v) is 9.46. The Morgan fingerprint density at radius 2 is 1.93 bits per heavy atom. The van der Waals surface area contributed by atoms with Gasteiger partial charge in [0.1, 0.15) is 0 Å². The van der Waals surface area contributed by atoms with Crippen LogP contribution >= 0.6 is 0 Å². The van der Waals surface area contributed by atoms with E-state index in [4.69, 9.17) is 5.73 Å². The van der Waals surface area contributed by atoms with E-state index >= 15 is 0 Å². The van der Waals surface area contributed by atoms with Gasteiger partial charge in [0, 0.05) is 11.1 Å². The van der Waals surface area contributed by atoms with Crippen molar-refractivity contribution in [2.75, 3.05) is 5.73 Å². The Hall–Kier alpha value is -1.12. The normalized spacial score (nSPS) is 11.7. The number of rotatable bonds is 2. The van der Waals surface area contributed by atoms with Crippen molar-refractivity contribution in [2.24, 2.45) is 0 Å². The van der Waals surface area contributed by atoms with Crippen LogP contribution in [0.15, 0.2) is 6.07 Å². The van der Waals surface area contributed by atoms with Crippen molar-refractivity contribution in [2.45, 2.75) is 46.0 Å². The van der Waals surface area contributed by atoms with Gasteiger partial charge in [-0.2, -0.15) is 0 Å². The first-order valence-electron chi connectivity index (χ1n) is 5.07. The quantitative estimate of drug-likeness (QED) is 0.784. The lowest BCUT2D eigenvalue weighted by atomic mass is 9.91. The lowest BCUT2D eigenvalue weighted by Gasteiger charge is -2.18. The summed E-state index contributed by atoms with van der Waals surface area (Å²) in [6.45, 7) is 8.52. The fraction of sp³-hybridized carbons (Fsp3) is 0.636. The van der Waals surface area contributed by atoms with Crippen molar-refractivity contribution in [3.63, 3.8) is 0 Å². The molecule has 0 saturated heterocycles. The maximum atomic E-state index is 5.66. The standard InChI is InChI=1S/C11H19N3/c1-5-6-8-7-9(11(2,3)4)14-10(12)13-8/h7H,5-6H2,1-4H3,(H2,12,13,14). The number of hydrogen-bond acceptors (Lipinski definition) is 3. The predicted octanol–water partition coefficient (Wildman–Crippen LogP) is 2.31. The molecule has 3 heteroatoms. The van der Waals surface area contributed by atoms with Gasteiger partial charge in [-0.25, -0.2) is 9.97 Å². The Balaban J connectivity index is 3.07. The third-order valence-electron chi connectivity index (χ3n) is 2.07. The first kappa shape index (κ1) is 11.0. The van der Waals surface area contributed by atoms with Gasteiger partial charge in [-0.3, -0.25) is 0 Å². The van der Waals surface area contributed by atoms with Gasteiger partial charge in [-0.05, 0) is 12.5 Å². The summed E-state index contributed by atoms with van der Waals surface area (Å²) in [7, 11) is 0. The van der Waals surface area contributed by atoms with Crippen LogP contribution in [0.25, 0.3) is 0 Å². The Labute approximate surface area is 85.8 Å². The van der Waals surface area contributed by atoms with Crippen LogP contribution in [0.3, 0.4) is 0 Å². The zero-order chi connectivity index (χ0) is 10.8. The van der Waals surface area contributed by atoms with Crippen molar-refractivity contribution < 1.29 is 0 Å². The van der Waals surface area contributed by atoms with E-state index in [1.165, 1.54) is 0 Å². The van der Waals surface area contributed by atoms with Crippen molar-refractivity contribution >= 4 is 5.95 Å². The first-order chi connectivity index (χ1) is 6.43. The molecule has 0 atom stereocenters. The van der Waals surface area contributed by atoms with Gasteiger partial charge in [-0.1, -0.05) is 34.1 Å². The Bertz CT molecular complexity index is 313. The minimum Gasteiger partial charge on any atom is -0.368 e. The van der Waals surface area contributed by atoms with Gasteiger partial charge in [0.05, 0.1) is 5.69 Å². The molecule has 0 unspecified atom stereocenters. The smallest absolute Gasteiger partial charge is 0.220 e. The summed E-state index contributed by atoms with van der Waals surface area (Å²) in [4.78, 5) is 8.46. The second kappa shape index (κ2) is 3.95. The molecule has 0 bridgehead atoms. The largest absolute Gasteiger partial charge is 0.368 e. The number of anilines is 1. The number of nitrogens with zero attached hydrogens (tertiary/aromatic N) is 2.